The van der Waals surface area contributed by atoms with Gasteiger partial charge in [0.05, 0.1) is 0 Å². The van der Waals surface area contributed by atoms with Gasteiger partial charge in [-0.2, -0.15) is 21.6 Å². The Bertz CT molecular complexity index is 3600. The minimum absolute atomic E-state index is 0.00476. The van der Waals surface area contributed by atoms with Crippen LogP contribution in [0.2, 0.25) is 0 Å². The molecule has 6 aliphatic heterocycles. The summed E-state index contributed by atoms with van der Waals surface area (Å²) in [5, 5.41) is 3.62. The fourth-order valence-electron chi connectivity index (χ4n) is 26.1. The topological polar surface area (TPSA) is 217 Å². The first kappa shape index (κ1) is 77.7. The number of azide groups is 1. The number of ketones is 3. The van der Waals surface area contributed by atoms with Gasteiger partial charge in [0.2, 0.25) is 17.7 Å². The predicted molar refractivity (Wildman–Crippen MR) is 395 cm³/mol. The van der Waals surface area contributed by atoms with Gasteiger partial charge in [-0.3, -0.25) is 33.8 Å². The molecule has 3 amide bonds. The molecule has 23 heteroatoms. The number of fused-ring (bicyclic) bond motifs is 18. The first-order chi connectivity index (χ1) is 47.8. The number of allylic oxidation sites excluding steroid dienone is 4. The van der Waals surface area contributed by atoms with Gasteiger partial charge in [0.15, 0.2) is 0 Å². The molecule has 16 nitrogen and oxygen atoms in total. The van der Waals surface area contributed by atoms with Crippen molar-refractivity contribution in [3.63, 3.8) is 0 Å². The summed E-state index contributed by atoms with van der Waals surface area (Å²) in [4.78, 5) is 89.1. The van der Waals surface area contributed by atoms with E-state index < -0.39 is 21.0 Å². The minimum atomic E-state index is -5.67. The standard InChI is InChI=1S/C23H30N2O.C19H26F3NO4S.C18H27N3O2.C18H27NO2.I3/c1-22-12-10-20-17(6-9-21(26)25-14-4-11-23(20,25)2)19(22)8-7-18(22)16-5-3-13-24-15-16;1-17-10-8-14-12(4-7-16(24)23-11-3-9-18(14,23)2)13(17)5-6-15(17)27-28(25,26)19(20,21)22;1-17(9-3-11-20-21-19)14-8-10-18(2)13(5-7-16(18)23)12(14)4-6-15(17)22;1-17-10-8-14-12(13(17)5-6-15(17)20)4-7-16(21)19-11-3-9-18(14,19)2;1-3-2/h3,5,7,13,15,17,19-20H,4,6,8-12,14H2,1-2H3;6,12-14H,3-5,7-11H2,1-2H3;12-14H,3-11H2,1-2H3;12-14H,3-11H2,1-2H3;/q;;;;-1/t17-,19?,20?,22+,23+;12-,13?,14?,17-,18+;12-,13?,14?,17+,18-;12-,13?,14?,17-,18+;/m0000./s1. The molecule has 560 valence electrons. The van der Waals surface area contributed by atoms with Crippen molar-refractivity contribution >= 4 is 88.0 Å². The molecule has 7 saturated carbocycles. The Morgan fingerprint density at radius 3 is 1.45 bits per heavy atom. The average molecular weight is 1760 g/mol. The molecule has 6 saturated heterocycles. The van der Waals surface area contributed by atoms with Crippen molar-refractivity contribution in [3.8, 4) is 0 Å². The van der Waals surface area contributed by atoms with E-state index in [0.29, 0.717) is 141 Å². The van der Waals surface area contributed by atoms with Crippen LogP contribution < -0.4 is 13.3 Å². The number of amides is 3. The third kappa shape index (κ3) is 13.5. The van der Waals surface area contributed by atoms with Gasteiger partial charge in [0.25, 0.3) is 0 Å². The number of hydrogen-bond donors (Lipinski definition) is 0. The van der Waals surface area contributed by atoms with Crippen LogP contribution in [-0.4, -0.2) is 111 Å². The molecule has 20 atom stereocenters. The van der Waals surface area contributed by atoms with Gasteiger partial charge in [-0.25, -0.2) is 0 Å². The molecule has 0 radical (unpaired) electrons. The van der Waals surface area contributed by atoms with Crippen molar-refractivity contribution in [1.82, 2.24) is 19.7 Å². The average Bonchev–Trinajstić information content (AvgIpc) is 1.92. The second-order valence-corrected chi connectivity index (χ2v) is 53.0. The number of aromatic nitrogens is 1. The van der Waals surface area contributed by atoms with E-state index in [0.717, 1.165) is 142 Å². The number of pyridine rings is 1. The van der Waals surface area contributed by atoms with Gasteiger partial charge >= 0.3 is 66.1 Å². The fourth-order valence-corrected chi connectivity index (χ4v) is 26.7. The Labute approximate surface area is 628 Å². The molecule has 8 unspecified atom stereocenters. The van der Waals surface area contributed by atoms with Crippen LogP contribution in [0.1, 0.15) is 254 Å². The van der Waals surface area contributed by atoms with Gasteiger partial charge < -0.3 is 18.9 Å². The molecule has 9 aliphatic carbocycles. The Balaban J connectivity index is 0.000000126. The van der Waals surface area contributed by atoms with Crippen LogP contribution in [-0.2, 0) is 43.1 Å². The predicted octanol–water partition coefficient (Wildman–Crippen LogP) is 15.1. The number of halogens is 6. The number of hydrogen-bond acceptors (Lipinski definition) is 11. The van der Waals surface area contributed by atoms with Gasteiger partial charge in [-0.15, -0.1) is 0 Å². The van der Waals surface area contributed by atoms with Crippen LogP contribution in [0.4, 0.5) is 13.2 Å². The normalized spacial score (nSPS) is 42.4. The molecule has 1 aromatic heterocycles. The van der Waals surface area contributed by atoms with E-state index in [1.807, 2.05) is 24.2 Å². The van der Waals surface area contributed by atoms with E-state index >= 15 is 0 Å². The van der Waals surface area contributed by atoms with Crippen molar-refractivity contribution in [2.24, 2.45) is 103 Å². The quantitative estimate of drug-likeness (QED) is 0.0478. The second kappa shape index (κ2) is 29.6. The second-order valence-electron chi connectivity index (χ2n) is 35.3. The number of carbonyl (C=O) groups excluding carboxylic acids is 6. The molecule has 0 spiro atoms. The zero-order valence-electron chi connectivity index (χ0n) is 60.9. The Hall–Kier alpha value is -2.91. The summed E-state index contributed by atoms with van der Waals surface area (Å²) in [6.07, 6.45) is 35.7. The summed E-state index contributed by atoms with van der Waals surface area (Å²) in [6, 6.07) is 4.27. The molecule has 101 heavy (non-hydrogen) atoms. The first-order valence-corrected chi connectivity index (χ1v) is 52.5. The van der Waals surface area contributed by atoms with E-state index in [9.17, 15) is 50.4 Å². The van der Waals surface area contributed by atoms with E-state index in [1.165, 1.54) is 49.3 Å². The molecule has 15 aliphatic rings. The van der Waals surface area contributed by atoms with Crippen molar-refractivity contribution < 1.29 is 67.8 Å². The molecule has 0 aromatic carbocycles. The maximum atomic E-state index is 12.8. The molecule has 1 aromatic rings. The molecular formula is C78H110F3I3N7O9S-. The van der Waals surface area contributed by atoms with E-state index in [-0.39, 0.29) is 67.7 Å². The number of nitrogens with zero attached hydrogens (tertiary/aromatic N) is 7. The first-order valence-electron chi connectivity index (χ1n) is 38.5. The monoisotopic (exact) mass is 1760 g/mol. The van der Waals surface area contributed by atoms with Crippen LogP contribution in [0.25, 0.3) is 16.0 Å². The van der Waals surface area contributed by atoms with E-state index in [4.69, 9.17) is 5.53 Å². The summed E-state index contributed by atoms with van der Waals surface area (Å²) in [5.41, 5.74) is 4.78. The van der Waals surface area contributed by atoms with Gasteiger partial charge in [-0.1, -0.05) is 51.9 Å². The van der Waals surface area contributed by atoms with Crippen LogP contribution >= 0.6 is 37.2 Å². The maximum absolute atomic E-state index is 12.8. The summed E-state index contributed by atoms with van der Waals surface area (Å²) in [7, 11) is -5.67. The molecule has 0 bridgehead atoms. The van der Waals surface area contributed by atoms with Crippen molar-refractivity contribution in [1.29, 1.82) is 0 Å². The zero-order valence-corrected chi connectivity index (χ0v) is 68.2. The third-order valence-electron chi connectivity index (χ3n) is 31.3. The third-order valence-corrected chi connectivity index (χ3v) is 32.3. The molecule has 0 N–H and O–H groups in total. The Morgan fingerprint density at radius 2 is 0.980 bits per heavy atom. The summed E-state index contributed by atoms with van der Waals surface area (Å²) >= 11 is 5.30. The van der Waals surface area contributed by atoms with Gasteiger partial charge in [-0.05, 0) is 280 Å². The molecular weight excluding hydrogens is 1650 g/mol. The summed E-state index contributed by atoms with van der Waals surface area (Å²) < 4.78 is 66.2. The molecule has 16 rings (SSSR count). The number of Topliss-reactive ketones (excluding diaryl/α,β-unsaturated/α-hetero) is 3. The van der Waals surface area contributed by atoms with Crippen LogP contribution in [0.15, 0.2) is 47.6 Å². The van der Waals surface area contributed by atoms with E-state index in [2.05, 4.69) is 133 Å². The Kier molecular flexibility index (Phi) is 22.8. The van der Waals surface area contributed by atoms with E-state index in [1.54, 1.807) is 0 Å². The molecule has 7 heterocycles. The number of carbonyl (C=O) groups is 6. The van der Waals surface area contributed by atoms with Crippen LogP contribution in [0.3, 0.4) is 0 Å². The number of rotatable bonds is 7. The fraction of sp³-hybridized carbons (Fsp3) is 0.808. The SMILES string of the molecule is C[C@]1(CCCN=[N+]=[N-])C(=O)CC[C@@H]2C1CC[C@]1(C)C(=O)CCC21.C[C@]12CCC3[C@@H](CCC(=O)N4CCC[C@]34C)C1CC=C2OS(=O)(=O)C(F)(F)F.C[C@]12CCC3[C@@H](CCC(=O)N4CCC[C@]34C)C1CC=C2c1cccnc1.C[C@]12CCC3[C@@H](CCC(=O)N4CCC[C@]34C)C1CCC2=O.I[I-]I. The molecule has 13 fully saturated rings. The van der Waals surface area contributed by atoms with Crippen LogP contribution in [0, 0.1) is 98.1 Å². The van der Waals surface area contributed by atoms with Crippen molar-refractivity contribution in [2.75, 3.05) is 26.2 Å². The number of alkyl halides is 3. The van der Waals surface area contributed by atoms with Gasteiger partial charge in [0, 0.05) is 120 Å². The van der Waals surface area contributed by atoms with Crippen molar-refractivity contribution in [2.45, 2.75) is 270 Å². The Morgan fingerprint density at radius 1 is 0.564 bits per heavy atom. The van der Waals surface area contributed by atoms with Gasteiger partial charge in [0.1, 0.15) is 23.1 Å². The summed E-state index contributed by atoms with van der Waals surface area (Å²) in [5.74, 6) is 7.82. The van der Waals surface area contributed by atoms with Crippen molar-refractivity contribution in [3.05, 3.63) is 58.4 Å². The zero-order chi connectivity index (χ0) is 72.7. The summed E-state index contributed by atoms with van der Waals surface area (Å²) in [6.45, 7) is 20.9. The van der Waals surface area contributed by atoms with Crippen LogP contribution in [0.5, 0.6) is 0 Å².